The van der Waals surface area contributed by atoms with Gasteiger partial charge < -0.3 is 24.4 Å². The van der Waals surface area contributed by atoms with Gasteiger partial charge in [0.25, 0.3) is 0 Å². The number of hydrogen-bond acceptors (Lipinski definition) is 5. The van der Waals surface area contributed by atoms with Gasteiger partial charge in [-0.2, -0.15) is 0 Å². The predicted molar refractivity (Wildman–Crippen MR) is 98.8 cm³/mol. The van der Waals surface area contributed by atoms with E-state index in [1.165, 1.54) is 12.1 Å². The van der Waals surface area contributed by atoms with Crippen molar-refractivity contribution in [1.29, 1.82) is 0 Å². The summed E-state index contributed by atoms with van der Waals surface area (Å²) in [4.78, 5) is 11.8. The molecule has 0 bridgehead atoms. The third kappa shape index (κ3) is 3.40. The Morgan fingerprint density at radius 2 is 1.42 bits per heavy atom. The number of hydrogen-bond donors (Lipinski definition) is 2. The summed E-state index contributed by atoms with van der Waals surface area (Å²) < 4.78 is 16.5. The lowest BCUT2D eigenvalue weighted by atomic mass is 9.85. The van der Waals surface area contributed by atoms with E-state index in [9.17, 15) is 15.0 Å². The summed E-state index contributed by atoms with van der Waals surface area (Å²) in [5, 5.41) is 21.2. The molecule has 0 aliphatic heterocycles. The van der Waals surface area contributed by atoms with Crippen molar-refractivity contribution in [2.24, 2.45) is 0 Å². The summed E-state index contributed by atoms with van der Waals surface area (Å²) in [7, 11) is 4.73. The molecule has 3 atom stereocenters. The predicted octanol–water partition coefficient (Wildman–Crippen LogP) is 4.37. The number of rotatable bonds is 7. The maximum Gasteiger partial charge on any atom is 0.336 e. The zero-order chi connectivity index (χ0) is 19.6. The summed E-state index contributed by atoms with van der Waals surface area (Å²) in [5.41, 5.74) is 2.33. The van der Waals surface area contributed by atoms with Crippen LogP contribution in [0.25, 0.3) is 10.8 Å². The first-order valence-electron chi connectivity index (χ1n) is 8.42. The third-order valence-electron chi connectivity index (χ3n) is 4.94. The fourth-order valence-electron chi connectivity index (χ4n) is 3.27. The molecule has 2 rings (SSSR count). The fraction of sp³-hybridized carbons (Fsp3) is 0.450. The summed E-state index contributed by atoms with van der Waals surface area (Å²) in [5.74, 6) is -1.07. The highest BCUT2D eigenvalue weighted by molar-refractivity contribution is 6.08. The zero-order valence-corrected chi connectivity index (χ0v) is 16.0. The number of ether oxygens (including phenoxy) is 3. The van der Waals surface area contributed by atoms with Crippen molar-refractivity contribution in [2.45, 2.75) is 39.1 Å². The van der Waals surface area contributed by atoms with Gasteiger partial charge in [-0.15, -0.1) is 0 Å². The van der Waals surface area contributed by atoms with Crippen molar-refractivity contribution in [3.8, 4) is 5.75 Å². The SMILES string of the molecule is COC(C)c1cc(C(C)OC)c2c(C(=O)O)ccc(O)c2c1C(C)OC. The molecule has 0 saturated heterocycles. The maximum absolute atomic E-state index is 11.8. The summed E-state index contributed by atoms with van der Waals surface area (Å²) in [6.07, 6.45) is -1.01. The molecule has 2 aromatic carbocycles. The molecule has 0 aliphatic rings. The number of carboxylic acids is 1. The molecule has 6 nitrogen and oxygen atoms in total. The molecule has 2 aromatic rings. The number of aromatic hydroxyl groups is 1. The molecule has 2 N–H and O–H groups in total. The van der Waals surface area contributed by atoms with Crippen LogP contribution in [0.2, 0.25) is 0 Å². The average Bonchev–Trinajstić information content (AvgIpc) is 2.64. The van der Waals surface area contributed by atoms with E-state index in [2.05, 4.69) is 0 Å². The molecule has 0 aliphatic carbocycles. The second-order valence-electron chi connectivity index (χ2n) is 6.29. The van der Waals surface area contributed by atoms with Crippen molar-refractivity contribution >= 4 is 16.7 Å². The zero-order valence-electron chi connectivity index (χ0n) is 16.0. The second kappa shape index (κ2) is 8.03. The molecule has 0 radical (unpaired) electrons. The molecule has 0 saturated carbocycles. The Kier molecular flexibility index (Phi) is 6.23. The molecule has 0 spiro atoms. The van der Waals surface area contributed by atoms with Crippen LogP contribution in [0.15, 0.2) is 18.2 Å². The lowest BCUT2D eigenvalue weighted by molar-refractivity contribution is 0.0698. The standard InChI is InChI=1S/C20H26O6/c1-10(24-4)14-9-15(11(2)25-5)18-13(20(22)23)7-8-16(21)19(18)17(14)12(3)26-6/h7-12,21H,1-6H3,(H,22,23). The van der Waals surface area contributed by atoms with Crippen molar-refractivity contribution in [3.05, 3.63) is 40.5 Å². The van der Waals surface area contributed by atoms with Gasteiger partial charge >= 0.3 is 5.97 Å². The summed E-state index contributed by atoms with van der Waals surface area (Å²) in [6.45, 7) is 5.59. The van der Waals surface area contributed by atoms with Gasteiger partial charge in [-0.05, 0) is 55.7 Å². The minimum atomic E-state index is -1.07. The molecular weight excluding hydrogens is 336 g/mol. The van der Waals surface area contributed by atoms with Crippen LogP contribution < -0.4 is 0 Å². The van der Waals surface area contributed by atoms with Crippen LogP contribution in [-0.4, -0.2) is 37.5 Å². The summed E-state index contributed by atoms with van der Waals surface area (Å²) in [6, 6.07) is 4.70. The van der Waals surface area contributed by atoms with Gasteiger partial charge in [0.15, 0.2) is 0 Å². The van der Waals surface area contributed by atoms with Gasteiger partial charge in [0.2, 0.25) is 0 Å². The topological polar surface area (TPSA) is 85.2 Å². The highest BCUT2D eigenvalue weighted by Gasteiger charge is 2.27. The first kappa shape index (κ1) is 20.2. The van der Waals surface area contributed by atoms with E-state index in [1.807, 2.05) is 26.8 Å². The highest BCUT2D eigenvalue weighted by atomic mass is 16.5. The normalized spacial score (nSPS) is 15.0. The van der Waals surface area contributed by atoms with E-state index >= 15 is 0 Å². The first-order chi connectivity index (χ1) is 12.3. The van der Waals surface area contributed by atoms with Crippen LogP contribution in [0, 0.1) is 0 Å². The Labute approximate surface area is 153 Å². The smallest absolute Gasteiger partial charge is 0.336 e. The Morgan fingerprint density at radius 3 is 1.92 bits per heavy atom. The lowest BCUT2D eigenvalue weighted by Crippen LogP contribution is -2.12. The van der Waals surface area contributed by atoms with Crippen LogP contribution in [0.3, 0.4) is 0 Å². The Morgan fingerprint density at radius 1 is 0.885 bits per heavy atom. The van der Waals surface area contributed by atoms with Crippen molar-refractivity contribution in [2.75, 3.05) is 21.3 Å². The van der Waals surface area contributed by atoms with Crippen LogP contribution >= 0.6 is 0 Å². The fourth-order valence-corrected chi connectivity index (χ4v) is 3.27. The number of fused-ring (bicyclic) bond motifs is 1. The lowest BCUT2D eigenvalue weighted by Gasteiger charge is -2.26. The Hall–Kier alpha value is -2.15. The average molecular weight is 362 g/mol. The van der Waals surface area contributed by atoms with Gasteiger partial charge in [-0.25, -0.2) is 4.79 Å². The van der Waals surface area contributed by atoms with Gasteiger partial charge in [0.05, 0.1) is 23.9 Å². The Balaban J connectivity index is 3.11. The van der Waals surface area contributed by atoms with Gasteiger partial charge in [0, 0.05) is 32.1 Å². The molecule has 0 heterocycles. The number of carboxylic acid groups (broad SMARTS) is 1. The van der Waals surface area contributed by atoms with Gasteiger partial charge in [-0.3, -0.25) is 0 Å². The molecule has 142 valence electrons. The molecule has 6 heteroatoms. The van der Waals surface area contributed by atoms with Crippen molar-refractivity contribution in [1.82, 2.24) is 0 Å². The highest BCUT2D eigenvalue weighted by Crippen LogP contribution is 2.43. The third-order valence-corrected chi connectivity index (χ3v) is 4.94. The monoisotopic (exact) mass is 362 g/mol. The van der Waals surface area contributed by atoms with E-state index in [-0.39, 0.29) is 29.6 Å². The maximum atomic E-state index is 11.8. The minimum Gasteiger partial charge on any atom is -0.507 e. The number of benzene rings is 2. The van der Waals surface area contributed by atoms with Crippen molar-refractivity contribution in [3.63, 3.8) is 0 Å². The molecule has 0 amide bonds. The van der Waals surface area contributed by atoms with E-state index in [0.29, 0.717) is 21.9 Å². The number of carbonyl (C=O) groups is 1. The van der Waals surface area contributed by atoms with E-state index in [1.54, 1.807) is 21.3 Å². The van der Waals surface area contributed by atoms with Crippen LogP contribution in [0.5, 0.6) is 5.75 Å². The van der Waals surface area contributed by atoms with Gasteiger partial charge in [0.1, 0.15) is 5.75 Å². The molecule has 0 aromatic heterocycles. The number of phenols is 1. The van der Waals surface area contributed by atoms with Crippen LogP contribution in [-0.2, 0) is 14.2 Å². The molecule has 3 unspecified atom stereocenters. The number of aromatic carboxylic acids is 1. The number of methoxy groups -OCH3 is 3. The van der Waals surface area contributed by atoms with Crippen LogP contribution in [0.1, 0.15) is 66.1 Å². The summed E-state index contributed by atoms with van der Waals surface area (Å²) >= 11 is 0. The Bertz CT molecular complexity index is 814. The molecule has 26 heavy (non-hydrogen) atoms. The van der Waals surface area contributed by atoms with Crippen molar-refractivity contribution < 1.29 is 29.2 Å². The largest absolute Gasteiger partial charge is 0.507 e. The minimum absolute atomic E-state index is 0.00129. The van der Waals surface area contributed by atoms with Crippen LogP contribution in [0.4, 0.5) is 0 Å². The second-order valence-corrected chi connectivity index (χ2v) is 6.29. The number of phenolic OH excluding ortho intramolecular Hbond substituents is 1. The van der Waals surface area contributed by atoms with E-state index < -0.39 is 5.97 Å². The van der Waals surface area contributed by atoms with E-state index in [0.717, 1.165) is 5.56 Å². The van der Waals surface area contributed by atoms with E-state index in [4.69, 9.17) is 14.2 Å². The quantitative estimate of drug-likeness (QED) is 0.761. The molecule has 0 fully saturated rings. The first-order valence-corrected chi connectivity index (χ1v) is 8.42. The molecular formula is C20H26O6. The van der Waals surface area contributed by atoms with Gasteiger partial charge in [-0.1, -0.05) is 0 Å².